The molecular formula is C71H128O6. The van der Waals surface area contributed by atoms with Crippen LogP contribution < -0.4 is 0 Å². The van der Waals surface area contributed by atoms with Crippen molar-refractivity contribution in [1.82, 2.24) is 0 Å². The molecule has 0 aliphatic carbocycles. The van der Waals surface area contributed by atoms with Gasteiger partial charge >= 0.3 is 17.9 Å². The first-order valence-electron chi connectivity index (χ1n) is 33.8. The fourth-order valence-electron chi connectivity index (χ4n) is 9.85. The number of esters is 3. The molecule has 0 radical (unpaired) electrons. The van der Waals surface area contributed by atoms with Gasteiger partial charge in [0.1, 0.15) is 13.2 Å². The Labute approximate surface area is 479 Å². The normalized spacial score (nSPS) is 12.4. The summed E-state index contributed by atoms with van der Waals surface area (Å²) in [7, 11) is 0. The molecule has 0 bridgehead atoms. The van der Waals surface area contributed by atoms with Crippen molar-refractivity contribution in [3.63, 3.8) is 0 Å². The molecule has 0 heterocycles. The van der Waals surface area contributed by atoms with Crippen LogP contribution in [0.1, 0.15) is 355 Å². The molecule has 0 saturated carbocycles. The van der Waals surface area contributed by atoms with Crippen molar-refractivity contribution in [2.75, 3.05) is 13.2 Å². The molecule has 0 aromatic rings. The summed E-state index contributed by atoms with van der Waals surface area (Å²) in [6.07, 6.45) is 83.7. The molecule has 0 aromatic heterocycles. The predicted octanol–water partition coefficient (Wildman–Crippen LogP) is 23.1. The van der Waals surface area contributed by atoms with E-state index in [9.17, 15) is 14.4 Å². The lowest BCUT2D eigenvalue weighted by atomic mass is 10.1. The second-order valence-corrected chi connectivity index (χ2v) is 22.7. The van der Waals surface area contributed by atoms with Crippen molar-refractivity contribution >= 4 is 17.9 Å². The summed E-state index contributed by atoms with van der Waals surface area (Å²) in [5, 5.41) is 0. The maximum absolute atomic E-state index is 12.9. The summed E-state index contributed by atoms with van der Waals surface area (Å²) in [5.41, 5.74) is 0. The van der Waals surface area contributed by atoms with Gasteiger partial charge in [-0.3, -0.25) is 14.4 Å². The van der Waals surface area contributed by atoms with E-state index in [1.807, 2.05) is 0 Å². The van der Waals surface area contributed by atoms with Gasteiger partial charge in [0.2, 0.25) is 0 Å². The summed E-state index contributed by atoms with van der Waals surface area (Å²) in [6.45, 7) is 6.66. The fraction of sp³-hybridized carbons (Fsp3) is 0.817. The summed E-state index contributed by atoms with van der Waals surface area (Å²) in [6, 6.07) is 0. The molecule has 0 N–H and O–H groups in total. The Morgan fingerprint density at radius 3 is 0.740 bits per heavy atom. The van der Waals surface area contributed by atoms with E-state index in [0.29, 0.717) is 19.3 Å². The van der Waals surface area contributed by atoms with Gasteiger partial charge < -0.3 is 14.2 Å². The van der Waals surface area contributed by atoms with Gasteiger partial charge in [0.05, 0.1) is 0 Å². The van der Waals surface area contributed by atoms with Crippen molar-refractivity contribution in [3.05, 3.63) is 60.8 Å². The van der Waals surface area contributed by atoms with Crippen molar-refractivity contribution in [3.8, 4) is 0 Å². The topological polar surface area (TPSA) is 78.9 Å². The molecule has 0 spiro atoms. The van der Waals surface area contributed by atoms with Gasteiger partial charge in [-0.1, -0.05) is 287 Å². The van der Waals surface area contributed by atoms with Gasteiger partial charge in [-0.25, -0.2) is 0 Å². The summed E-state index contributed by atoms with van der Waals surface area (Å²) >= 11 is 0. The highest BCUT2D eigenvalue weighted by Crippen LogP contribution is 2.17. The van der Waals surface area contributed by atoms with Crippen LogP contribution in [0, 0.1) is 0 Å². The van der Waals surface area contributed by atoms with Crippen molar-refractivity contribution in [1.29, 1.82) is 0 Å². The monoisotopic (exact) mass is 1080 g/mol. The van der Waals surface area contributed by atoms with Crippen LogP contribution in [0.2, 0.25) is 0 Å². The number of hydrogen-bond donors (Lipinski definition) is 0. The lowest BCUT2D eigenvalue weighted by Crippen LogP contribution is -2.30. The highest BCUT2D eigenvalue weighted by atomic mass is 16.6. The standard InChI is InChI=1S/C71H128O6/c1-4-7-10-13-16-19-22-25-28-31-33-35-37-40-43-46-49-52-55-58-61-64-70(73)76-67-68(66-75-69(72)63-60-57-54-51-48-45-42-39-30-27-24-21-18-15-12-9-6-3)77-71(74)65-62-59-56-53-50-47-44-41-38-36-34-32-29-26-23-20-17-14-11-8-5-2/h22,25,27,30-34,37,40,68H,4-21,23-24,26,28-29,35-36,38-39,41-67H2,1-3H3/b25-22-,30-27-,33-31-,34-32-,40-37-. The minimum atomic E-state index is -0.784. The number of rotatable bonds is 62. The number of carbonyl (C=O) groups is 3. The zero-order chi connectivity index (χ0) is 55.7. The molecule has 6 heteroatoms. The maximum Gasteiger partial charge on any atom is 0.306 e. The van der Waals surface area contributed by atoms with Crippen LogP contribution in [0.15, 0.2) is 60.8 Å². The molecule has 0 aliphatic heterocycles. The van der Waals surface area contributed by atoms with E-state index >= 15 is 0 Å². The molecule has 0 saturated heterocycles. The predicted molar refractivity (Wildman–Crippen MR) is 335 cm³/mol. The largest absolute Gasteiger partial charge is 0.462 e. The highest BCUT2D eigenvalue weighted by Gasteiger charge is 2.19. The van der Waals surface area contributed by atoms with Gasteiger partial charge in [-0.2, -0.15) is 0 Å². The van der Waals surface area contributed by atoms with Crippen LogP contribution in [0.3, 0.4) is 0 Å². The molecular weight excluding hydrogens is 949 g/mol. The third-order valence-corrected chi connectivity index (χ3v) is 15.0. The Bertz CT molecular complexity index is 1380. The smallest absolute Gasteiger partial charge is 0.306 e. The number of carbonyl (C=O) groups excluding carboxylic acids is 3. The van der Waals surface area contributed by atoms with Gasteiger partial charge in [-0.15, -0.1) is 0 Å². The molecule has 1 unspecified atom stereocenters. The zero-order valence-corrected chi connectivity index (χ0v) is 51.5. The van der Waals surface area contributed by atoms with E-state index in [0.717, 1.165) is 77.0 Å². The number of allylic oxidation sites excluding steroid dienone is 10. The molecule has 1 atom stereocenters. The quantitative estimate of drug-likeness (QED) is 0.0261. The summed E-state index contributed by atoms with van der Waals surface area (Å²) in [5.74, 6) is -0.879. The first-order chi connectivity index (χ1) is 38.0. The van der Waals surface area contributed by atoms with E-state index in [1.165, 1.54) is 238 Å². The minimum Gasteiger partial charge on any atom is -0.462 e. The SMILES string of the molecule is CCCCCCC/C=C\C/C=C\C/C=C\CCCCCCCCC(=O)OCC(COC(=O)CCCCCCCCC/C=C\CCCCCCCC)OC(=O)CCCCCCCCCCC/C=C\CCCCCCCCCC. The van der Waals surface area contributed by atoms with Crippen LogP contribution in [0.4, 0.5) is 0 Å². The molecule has 448 valence electrons. The van der Waals surface area contributed by atoms with Crippen LogP contribution in [0.25, 0.3) is 0 Å². The Kier molecular flexibility index (Phi) is 63.2. The molecule has 0 amide bonds. The average molecular weight is 1080 g/mol. The van der Waals surface area contributed by atoms with Crippen molar-refractivity contribution in [2.45, 2.75) is 361 Å². The van der Waals surface area contributed by atoms with Crippen molar-refractivity contribution < 1.29 is 28.6 Å². The minimum absolute atomic E-state index is 0.0797. The highest BCUT2D eigenvalue weighted by molar-refractivity contribution is 5.71. The summed E-state index contributed by atoms with van der Waals surface area (Å²) in [4.78, 5) is 38.4. The third-order valence-electron chi connectivity index (χ3n) is 15.0. The molecule has 0 aromatic carbocycles. The van der Waals surface area contributed by atoms with E-state index in [1.54, 1.807) is 0 Å². The Hall–Kier alpha value is -2.89. The lowest BCUT2D eigenvalue weighted by molar-refractivity contribution is -0.167. The summed E-state index contributed by atoms with van der Waals surface area (Å²) < 4.78 is 17.0. The van der Waals surface area contributed by atoms with Crippen LogP contribution in [-0.2, 0) is 28.6 Å². The number of unbranched alkanes of at least 4 members (excludes halogenated alkanes) is 41. The Morgan fingerprint density at radius 1 is 0.260 bits per heavy atom. The third kappa shape index (κ3) is 63.8. The number of ether oxygens (including phenoxy) is 3. The van der Waals surface area contributed by atoms with E-state index in [2.05, 4.69) is 81.5 Å². The molecule has 0 aliphatic rings. The van der Waals surface area contributed by atoms with E-state index < -0.39 is 6.10 Å². The Balaban J connectivity index is 4.38. The van der Waals surface area contributed by atoms with Crippen LogP contribution >= 0.6 is 0 Å². The van der Waals surface area contributed by atoms with Gasteiger partial charge in [0.25, 0.3) is 0 Å². The molecule has 77 heavy (non-hydrogen) atoms. The zero-order valence-electron chi connectivity index (χ0n) is 51.5. The fourth-order valence-corrected chi connectivity index (χ4v) is 9.85. The second kappa shape index (κ2) is 65.6. The first kappa shape index (κ1) is 74.1. The van der Waals surface area contributed by atoms with Gasteiger partial charge in [0.15, 0.2) is 6.10 Å². The Morgan fingerprint density at radius 2 is 0.468 bits per heavy atom. The average Bonchev–Trinajstić information content (AvgIpc) is 3.43. The molecule has 0 rings (SSSR count). The van der Waals surface area contributed by atoms with E-state index in [-0.39, 0.29) is 31.1 Å². The second-order valence-electron chi connectivity index (χ2n) is 22.7. The molecule has 6 nitrogen and oxygen atoms in total. The van der Waals surface area contributed by atoms with Crippen LogP contribution in [-0.4, -0.2) is 37.2 Å². The lowest BCUT2D eigenvalue weighted by Gasteiger charge is -2.18. The van der Waals surface area contributed by atoms with Crippen LogP contribution in [0.5, 0.6) is 0 Å². The number of hydrogen-bond acceptors (Lipinski definition) is 6. The van der Waals surface area contributed by atoms with E-state index in [4.69, 9.17) is 14.2 Å². The van der Waals surface area contributed by atoms with Gasteiger partial charge in [0, 0.05) is 19.3 Å². The maximum atomic E-state index is 12.9. The first-order valence-corrected chi connectivity index (χ1v) is 33.8. The molecule has 0 fully saturated rings. The van der Waals surface area contributed by atoms with Gasteiger partial charge in [-0.05, 0) is 109 Å². The van der Waals surface area contributed by atoms with Crippen molar-refractivity contribution in [2.24, 2.45) is 0 Å².